The standard InChI is InChI=1S/C26H39/c1-5-20-7-13-23(14-8-20)24-15-9-22(10-16-24)19-26(3,4)25-17-11-21(6-2)12-18-25/h5-6,9,15-16,19-23,25H,1-2,7-8,10-14,17-18H2,3-4H3/q-1. The van der Waals surface area contributed by atoms with Crippen molar-refractivity contribution in [2.75, 3.05) is 0 Å². The van der Waals surface area contributed by atoms with Crippen molar-refractivity contribution >= 4 is 0 Å². The molecule has 0 saturated heterocycles. The molecular weight excluding hydrogens is 312 g/mol. The van der Waals surface area contributed by atoms with Gasteiger partial charge in [-0.25, -0.2) is 0 Å². The lowest BCUT2D eigenvalue weighted by atomic mass is 9.65. The zero-order valence-corrected chi connectivity index (χ0v) is 17.1. The molecule has 3 aliphatic carbocycles. The summed E-state index contributed by atoms with van der Waals surface area (Å²) in [5.41, 5.74) is 1.95. The summed E-state index contributed by atoms with van der Waals surface area (Å²) in [6, 6.07) is 0. The summed E-state index contributed by atoms with van der Waals surface area (Å²) < 4.78 is 0. The lowest BCUT2D eigenvalue weighted by Crippen LogP contribution is -2.31. The van der Waals surface area contributed by atoms with Crippen molar-refractivity contribution in [2.24, 2.45) is 35.0 Å². The minimum Gasteiger partial charge on any atom is -0.316 e. The van der Waals surface area contributed by atoms with Gasteiger partial charge in [0.1, 0.15) is 0 Å². The molecule has 26 heavy (non-hydrogen) atoms. The number of hydrogen-bond acceptors (Lipinski definition) is 0. The van der Waals surface area contributed by atoms with E-state index in [0.717, 1.165) is 23.7 Å². The Balaban J connectivity index is 1.49. The molecule has 0 spiro atoms. The van der Waals surface area contributed by atoms with Crippen LogP contribution in [0.1, 0.15) is 71.6 Å². The van der Waals surface area contributed by atoms with Crippen molar-refractivity contribution in [1.82, 2.24) is 0 Å². The molecule has 1 unspecified atom stereocenters. The summed E-state index contributed by atoms with van der Waals surface area (Å²) in [7, 11) is 0. The highest BCUT2D eigenvalue weighted by Crippen LogP contribution is 2.45. The fourth-order valence-corrected chi connectivity index (χ4v) is 5.55. The van der Waals surface area contributed by atoms with Crippen LogP contribution >= 0.6 is 0 Å². The third-order valence-corrected chi connectivity index (χ3v) is 7.54. The minimum atomic E-state index is 0.342. The van der Waals surface area contributed by atoms with Gasteiger partial charge in [0, 0.05) is 0 Å². The van der Waals surface area contributed by atoms with Gasteiger partial charge in [-0.05, 0) is 61.9 Å². The Kier molecular flexibility index (Phi) is 6.65. The molecule has 0 heterocycles. The van der Waals surface area contributed by atoms with Gasteiger partial charge in [0.15, 0.2) is 0 Å². The summed E-state index contributed by atoms with van der Waals surface area (Å²) in [6.45, 7) is 12.9. The molecule has 3 aliphatic rings. The molecule has 2 fully saturated rings. The van der Waals surface area contributed by atoms with Gasteiger partial charge in [0.05, 0.1) is 0 Å². The van der Waals surface area contributed by atoms with Crippen LogP contribution in [0.15, 0.2) is 49.1 Å². The molecule has 0 radical (unpaired) electrons. The van der Waals surface area contributed by atoms with Crippen LogP contribution in [0.2, 0.25) is 0 Å². The third kappa shape index (κ3) is 4.81. The Morgan fingerprint density at radius 3 is 2.00 bits per heavy atom. The average Bonchev–Trinajstić information content (AvgIpc) is 2.68. The maximum absolute atomic E-state index is 3.99. The van der Waals surface area contributed by atoms with Crippen LogP contribution in [0.25, 0.3) is 0 Å². The molecule has 0 aliphatic heterocycles. The van der Waals surface area contributed by atoms with E-state index < -0.39 is 0 Å². The van der Waals surface area contributed by atoms with E-state index in [0.29, 0.717) is 11.3 Å². The number of hydrogen-bond donors (Lipinski definition) is 0. The minimum absolute atomic E-state index is 0.342. The second-order valence-corrected chi connectivity index (χ2v) is 9.65. The van der Waals surface area contributed by atoms with Crippen molar-refractivity contribution in [3.05, 3.63) is 55.5 Å². The average molecular weight is 352 g/mol. The van der Waals surface area contributed by atoms with Crippen LogP contribution in [-0.2, 0) is 0 Å². The summed E-state index contributed by atoms with van der Waals surface area (Å²) in [6.07, 6.45) is 26.4. The molecular formula is C26H39-. The molecule has 0 bridgehead atoms. The smallest absolute Gasteiger partial charge is 0.0165 e. The lowest BCUT2D eigenvalue weighted by molar-refractivity contribution is 0.165. The molecule has 0 nitrogen and oxygen atoms in total. The van der Waals surface area contributed by atoms with E-state index in [1.165, 1.54) is 57.8 Å². The highest BCUT2D eigenvalue weighted by Gasteiger charge is 2.28. The topological polar surface area (TPSA) is 0 Å². The summed E-state index contributed by atoms with van der Waals surface area (Å²) in [5, 5.41) is 0. The van der Waals surface area contributed by atoms with E-state index in [-0.39, 0.29) is 0 Å². The molecule has 0 aromatic rings. The van der Waals surface area contributed by atoms with Crippen molar-refractivity contribution in [1.29, 1.82) is 0 Å². The first-order chi connectivity index (χ1) is 12.5. The molecule has 0 N–H and O–H groups in total. The monoisotopic (exact) mass is 351 g/mol. The van der Waals surface area contributed by atoms with Gasteiger partial charge in [-0.2, -0.15) is 5.41 Å². The van der Waals surface area contributed by atoms with Gasteiger partial charge in [-0.15, -0.1) is 25.2 Å². The fraction of sp³-hybridized carbons (Fsp3) is 0.654. The molecule has 0 heteroatoms. The molecule has 3 rings (SSSR count). The van der Waals surface area contributed by atoms with E-state index in [9.17, 15) is 0 Å². The van der Waals surface area contributed by atoms with E-state index >= 15 is 0 Å². The van der Waals surface area contributed by atoms with Gasteiger partial charge < -0.3 is 6.42 Å². The number of allylic oxidation sites excluding steroid dienone is 6. The molecule has 0 amide bonds. The Labute approximate surface area is 162 Å². The van der Waals surface area contributed by atoms with Gasteiger partial charge in [-0.1, -0.05) is 63.3 Å². The van der Waals surface area contributed by atoms with Crippen LogP contribution in [0.4, 0.5) is 0 Å². The predicted molar refractivity (Wildman–Crippen MR) is 115 cm³/mol. The second kappa shape index (κ2) is 8.77. The Morgan fingerprint density at radius 2 is 1.50 bits per heavy atom. The van der Waals surface area contributed by atoms with Gasteiger partial charge in [-0.3, -0.25) is 0 Å². The summed E-state index contributed by atoms with van der Waals surface area (Å²) in [4.78, 5) is 0. The third-order valence-electron chi connectivity index (χ3n) is 7.54. The predicted octanol–water partition coefficient (Wildman–Crippen LogP) is 7.70. The summed E-state index contributed by atoms with van der Waals surface area (Å²) >= 11 is 0. The second-order valence-electron chi connectivity index (χ2n) is 9.65. The lowest BCUT2D eigenvalue weighted by Gasteiger charge is -2.49. The first-order valence-electron chi connectivity index (χ1n) is 11.0. The molecule has 2 saturated carbocycles. The SMILES string of the molecule is C=CC1CCC(C2=CCC([CH-]C(C)(C)C3CCC(C=C)CC3)C=C2)CC1. The highest BCUT2D eigenvalue weighted by atomic mass is 14.4. The maximum Gasteiger partial charge on any atom is -0.0165 e. The van der Waals surface area contributed by atoms with Crippen molar-refractivity contribution < 1.29 is 0 Å². The fourth-order valence-electron chi connectivity index (χ4n) is 5.55. The number of rotatable bonds is 6. The Bertz CT molecular complexity index is 530. The Hall–Kier alpha value is -1.04. The first kappa shape index (κ1) is 19.7. The highest BCUT2D eigenvalue weighted by molar-refractivity contribution is 5.28. The van der Waals surface area contributed by atoms with Crippen LogP contribution in [0.3, 0.4) is 0 Å². The zero-order valence-electron chi connectivity index (χ0n) is 17.1. The van der Waals surface area contributed by atoms with Gasteiger partial charge >= 0.3 is 0 Å². The van der Waals surface area contributed by atoms with Crippen molar-refractivity contribution in [3.8, 4) is 0 Å². The van der Waals surface area contributed by atoms with Crippen molar-refractivity contribution in [2.45, 2.75) is 71.6 Å². The molecule has 144 valence electrons. The first-order valence-corrected chi connectivity index (χ1v) is 11.0. The van der Waals surface area contributed by atoms with Crippen LogP contribution in [0, 0.1) is 41.4 Å². The van der Waals surface area contributed by atoms with Gasteiger partial charge in [0.25, 0.3) is 0 Å². The molecule has 0 aromatic heterocycles. The van der Waals surface area contributed by atoms with E-state index in [2.05, 4.69) is 63.8 Å². The molecule has 1 atom stereocenters. The van der Waals surface area contributed by atoms with Crippen LogP contribution in [-0.4, -0.2) is 0 Å². The Morgan fingerprint density at radius 1 is 0.923 bits per heavy atom. The molecule has 0 aromatic carbocycles. The van der Waals surface area contributed by atoms with E-state index in [1.807, 2.05) is 0 Å². The normalized spacial score (nSPS) is 35.6. The zero-order chi connectivity index (χ0) is 18.6. The van der Waals surface area contributed by atoms with E-state index in [4.69, 9.17) is 0 Å². The maximum atomic E-state index is 3.99. The summed E-state index contributed by atoms with van der Waals surface area (Å²) in [5.74, 6) is 3.78. The van der Waals surface area contributed by atoms with Gasteiger partial charge in [0.2, 0.25) is 0 Å². The quantitative estimate of drug-likeness (QED) is 0.339. The van der Waals surface area contributed by atoms with Crippen LogP contribution < -0.4 is 0 Å². The van der Waals surface area contributed by atoms with Crippen LogP contribution in [0.5, 0.6) is 0 Å². The van der Waals surface area contributed by atoms with Crippen molar-refractivity contribution in [3.63, 3.8) is 0 Å². The largest absolute Gasteiger partial charge is 0.316 e. The van der Waals surface area contributed by atoms with E-state index in [1.54, 1.807) is 5.57 Å².